The maximum absolute atomic E-state index is 15.0. The molecule has 0 aromatic heterocycles. The van der Waals surface area contributed by atoms with Gasteiger partial charge in [0.15, 0.2) is 18.4 Å². The fourth-order valence-corrected chi connectivity index (χ4v) is 11.6. The Hall–Kier alpha value is -1.56. The number of cyclic esters (lactones) is 1. The van der Waals surface area contributed by atoms with E-state index in [1.54, 1.807) is 28.4 Å². The van der Waals surface area contributed by atoms with Gasteiger partial charge in [0.25, 0.3) is 0 Å². The van der Waals surface area contributed by atoms with Gasteiger partial charge in [-0.3, -0.25) is 9.59 Å². The number of likely N-dealkylation sites (N-methyl/N-ethyl adjacent to an activating group) is 1. The zero-order valence-electron chi connectivity index (χ0n) is 36.7. The van der Waals surface area contributed by atoms with E-state index in [1.165, 1.54) is 0 Å². The molecule has 0 bridgehead atoms. The van der Waals surface area contributed by atoms with Crippen LogP contribution in [0.5, 0.6) is 0 Å². The third-order valence-corrected chi connectivity index (χ3v) is 14.6. The van der Waals surface area contributed by atoms with Crippen molar-refractivity contribution in [2.24, 2.45) is 35.5 Å². The molecule has 0 aromatic rings. The lowest BCUT2D eigenvalue weighted by Gasteiger charge is -2.47. The van der Waals surface area contributed by atoms with Gasteiger partial charge in [0.2, 0.25) is 0 Å². The molecule has 2 N–H and O–H groups in total. The van der Waals surface area contributed by atoms with Crippen LogP contribution < -0.4 is 5.32 Å². The molecule has 19 atom stereocenters. The average molecular weight is 823 g/mol. The quantitative estimate of drug-likeness (QED) is 0.204. The topological polar surface area (TPSA) is 153 Å². The minimum Gasteiger partial charge on any atom is -0.462 e. The number of nitrogens with one attached hydrogen (secondary N) is 1. The van der Waals surface area contributed by atoms with Gasteiger partial charge in [-0.2, -0.15) is 0 Å². The second-order valence-electron chi connectivity index (χ2n) is 18.1. The van der Waals surface area contributed by atoms with Gasteiger partial charge in [0.1, 0.15) is 24.4 Å². The second kappa shape index (κ2) is 20.5. The number of aliphatic hydroxyl groups excluding tert-OH is 1. The molecule has 2 saturated carbocycles. The van der Waals surface area contributed by atoms with Crippen molar-refractivity contribution in [2.45, 2.75) is 165 Å². The van der Waals surface area contributed by atoms with Crippen LogP contribution in [0, 0.1) is 35.5 Å². The van der Waals surface area contributed by atoms with Crippen molar-refractivity contribution in [3.63, 3.8) is 0 Å². The number of nitrogens with zero attached hydrogens (tertiary/aromatic N) is 1. The summed E-state index contributed by atoms with van der Waals surface area (Å²) < 4.78 is 55.4. The zero-order valence-corrected chi connectivity index (χ0v) is 36.7. The van der Waals surface area contributed by atoms with E-state index in [2.05, 4.69) is 37.3 Å². The summed E-state index contributed by atoms with van der Waals surface area (Å²) in [5.41, 5.74) is 0.615. The number of esters is 1. The first-order valence-corrected chi connectivity index (χ1v) is 22.1. The van der Waals surface area contributed by atoms with Crippen LogP contribution in [0.15, 0.2) is 11.6 Å². The normalized spacial score (nSPS) is 45.1. The lowest BCUT2D eigenvalue weighted by atomic mass is 9.62. The second-order valence-corrected chi connectivity index (χ2v) is 18.1. The van der Waals surface area contributed by atoms with Crippen molar-refractivity contribution in [3.8, 4) is 0 Å². The molecule has 14 nitrogen and oxygen atoms in total. The largest absolute Gasteiger partial charge is 0.462 e. The van der Waals surface area contributed by atoms with Gasteiger partial charge >= 0.3 is 5.97 Å². The Morgan fingerprint density at radius 3 is 2.26 bits per heavy atom. The third kappa shape index (κ3) is 9.72. The first-order chi connectivity index (χ1) is 27.8. The lowest BCUT2D eigenvalue weighted by molar-refractivity contribution is -0.314. The molecule has 58 heavy (non-hydrogen) atoms. The summed E-state index contributed by atoms with van der Waals surface area (Å²) in [5.74, 6) is -1.75. The van der Waals surface area contributed by atoms with Crippen LogP contribution in [-0.4, -0.2) is 157 Å². The van der Waals surface area contributed by atoms with Gasteiger partial charge in [0, 0.05) is 64.8 Å². The molecule has 0 radical (unpaired) electrons. The molecular formula is C44H74N2O12. The maximum atomic E-state index is 15.0. The molecule has 6 aliphatic rings. The van der Waals surface area contributed by atoms with E-state index in [1.807, 2.05) is 20.8 Å². The van der Waals surface area contributed by atoms with Gasteiger partial charge in [-0.15, -0.1) is 0 Å². The Labute approximate surface area is 346 Å². The molecule has 0 spiro atoms. The molecule has 3 unspecified atom stereocenters. The van der Waals surface area contributed by atoms with Gasteiger partial charge in [-0.25, -0.2) is 0 Å². The molecule has 0 aromatic carbocycles. The highest BCUT2D eigenvalue weighted by Crippen LogP contribution is 2.57. The van der Waals surface area contributed by atoms with Crippen LogP contribution in [0.3, 0.4) is 0 Å². The SMILES string of the molecule is CC[C@H]1CCC[C@H](O[C@H]2CC[C@H](N(C)C)C(C)O2)[C@@H](C)C(=O)C2=C[C@H]3[C@@H]4C[C@H](O[C@@H]5OC(C)[C@H](OC)C(OC)[C@@H]5OC)C[C@H]4[C@H](NCCOC)[C@@H](O)[C@H]3[C@@H]2CC(=O)O1. The smallest absolute Gasteiger partial charge is 0.306 e. The van der Waals surface area contributed by atoms with Crippen molar-refractivity contribution in [2.75, 3.05) is 55.7 Å². The Balaban J connectivity index is 1.29. The van der Waals surface area contributed by atoms with E-state index < -0.39 is 42.7 Å². The molecule has 3 saturated heterocycles. The molecule has 3 aliphatic carbocycles. The highest BCUT2D eigenvalue weighted by Gasteiger charge is 2.59. The Kier molecular flexibility index (Phi) is 16.3. The van der Waals surface area contributed by atoms with Gasteiger partial charge in [-0.1, -0.05) is 19.9 Å². The number of allylic oxidation sites excluding steroid dienone is 2. The summed E-state index contributed by atoms with van der Waals surface area (Å²) >= 11 is 0. The van der Waals surface area contributed by atoms with E-state index >= 15 is 0 Å². The summed E-state index contributed by atoms with van der Waals surface area (Å²) in [7, 11) is 10.7. The fourth-order valence-electron chi connectivity index (χ4n) is 11.6. The molecule has 3 aliphatic heterocycles. The first kappa shape index (κ1) is 46.0. The lowest BCUT2D eigenvalue weighted by Crippen LogP contribution is -2.59. The van der Waals surface area contributed by atoms with E-state index in [0.717, 1.165) is 19.3 Å². The molecule has 14 heteroatoms. The van der Waals surface area contributed by atoms with E-state index in [-0.39, 0.29) is 84.5 Å². The van der Waals surface area contributed by atoms with Crippen molar-refractivity contribution in [3.05, 3.63) is 11.6 Å². The number of hydrogen-bond donors (Lipinski definition) is 2. The molecule has 0 amide bonds. The summed E-state index contributed by atoms with van der Waals surface area (Å²) in [5, 5.41) is 16.1. The Bertz CT molecular complexity index is 1380. The molecular weight excluding hydrogens is 748 g/mol. The standard InChI is InChI=1S/C44H74N2O12/c1-11-26-13-12-14-34(58-36-16-15-33(46(5)6)24(3)54-36)23(2)39(48)32-21-29-28-19-27(57-44-43(53-10)42(52-9)41(51-8)25(4)55-44)20-31(28)38(45-17-18-50-7)40(49)37(29)30(32)22-35(47)56-26/h21,23-31,33-34,36-38,40-45,49H,11-20,22H2,1-10H3/t23-,24?,25?,26+,27+,28+,29+,30-,31-,33+,34+,36+,37-,38+,40+,41+,42?,43+,44+/m1/s1. The van der Waals surface area contributed by atoms with E-state index in [9.17, 15) is 14.7 Å². The van der Waals surface area contributed by atoms with Crippen molar-refractivity contribution < 1.29 is 57.3 Å². The summed E-state index contributed by atoms with van der Waals surface area (Å²) in [4.78, 5) is 31.0. The van der Waals surface area contributed by atoms with Crippen LogP contribution in [0.2, 0.25) is 0 Å². The monoisotopic (exact) mass is 823 g/mol. The predicted molar refractivity (Wildman–Crippen MR) is 215 cm³/mol. The number of carbonyl (C=O) groups is 2. The zero-order chi connectivity index (χ0) is 41.8. The highest BCUT2D eigenvalue weighted by atomic mass is 16.7. The first-order valence-electron chi connectivity index (χ1n) is 22.1. The molecule has 3 heterocycles. The average Bonchev–Trinajstić information content (AvgIpc) is 3.78. The van der Waals surface area contributed by atoms with Crippen LogP contribution in [0.25, 0.3) is 0 Å². The molecule has 5 fully saturated rings. The van der Waals surface area contributed by atoms with Gasteiger partial charge in [0.05, 0.1) is 43.5 Å². The summed E-state index contributed by atoms with van der Waals surface area (Å²) in [6, 6.07) is -0.00495. The van der Waals surface area contributed by atoms with Crippen molar-refractivity contribution in [1.29, 1.82) is 0 Å². The number of methoxy groups -OCH3 is 4. The van der Waals surface area contributed by atoms with Crippen LogP contribution >= 0.6 is 0 Å². The summed E-state index contributed by atoms with van der Waals surface area (Å²) in [6.07, 6.45) is 3.72. The number of fused-ring (bicyclic) bond motifs is 5. The van der Waals surface area contributed by atoms with Crippen LogP contribution in [-0.2, 0) is 52.2 Å². The maximum Gasteiger partial charge on any atom is 0.306 e. The molecule has 332 valence electrons. The number of ketones is 1. The van der Waals surface area contributed by atoms with Gasteiger partial charge in [-0.05, 0) is 103 Å². The van der Waals surface area contributed by atoms with Crippen LogP contribution in [0.4, 0.5) is 0 Å². The van der Waals surface area contributed by atoms with E-state index in [4.69, 9.17) is 42.6 Å². The minimum absolute atomic E-state index is 0.00355. The van der Waals surface area contributed by atoms with Crippen molar-refractivity contribution >= 4 is 11.8 Å². The minimum atomic E-state index is -0.835. The van der Waals surface area contributed by atoms with Crippen LogP contribution in [0.1, 0.15) is 85.5 Å². The number of ether oxygens (including phenoxy) is 9. The number of aliphatic hydroxyl groups is 1. The summed E-state index contributed by atoms with van der Waals surface area (Å²) in [6.45, 7) is 9.07. The number of hydrogen-bond acceptors (Lipinski definition) is 14. The predicted octanol–water partition coefficient (Wildman–Crippen LogP) is 3.90. The van der Waals surface area contributed by atoms with E-state index in [0.29, 0.717) is 56.9 Å². The number of Topliss-reactive ketones (excluding diaryl/α,β-unsaturated/α-hetero) is 1. The number of rotatable bonds is 13. The van der Waals surface area contributed by atoms with Gasteiger partial charge < -0.3 is 58.0 Å². The Morgan fingerprint density at radius 1 is 0.879 bits per heavy atom. The van der Waals surface area contributed by atoms with Crippen molar-refractivity contribution in [1.82, 2.24) is 10.2 Å². The Morgan fingerprint density at radius 2 is 1.60 bits per heavy atom. The third-order valence-electron chi connectivity index (χ3n) is 14.6. The molecule has 6 rings (SSSR count). The number of carbonyl (C=O) groups excluding carboxylic acids is 2. The fraction of sp³-hybridized carbons (Fsp3) is 0.909. The highest BCUT2D eigenvalue weighted by molar-refractivity contribution is 5.99.